The topological polar surface area (TPSA) is 23.5 Å². The van der Waals surface area contributed by atoms with E-state index in [-0.39, 0.29) is 0 Å². The second-order valence-electron chi connectivity index (χ2n) is 4.74. The lowest BCUT2D eigenvalue weighted by molar-refractivity contribution is 0.253. The van der Waals surface area contributed by atoms with Crippen molar-refractivity contribution in [2.75, 3.05) is 7.05 Å². The number of rotatable bonds is 4. The fraction of sp³-hybridized carbons (Fsp3) is 0.333. The van der Waals surface area contributed by atoms with Crippen molar-refractivity contribution < 1.29 is 5.11 Å². The minimum Gasteiger partial charge on any atom is -0.508 e. The first kappa shape index (κ1) is 13.1. The zero-order valence-corrected chi connectivity index (χ0v) is 11.9. The monoisotopic (exact) mass is 261 g/mol. The van der Waals surface area contributed by atoms with Gasteiger partial charge in [-0.15, -0.1) is 11.3 Å². The van der Waals surface area contributed by atoms with Crippen LogP contribution in [-0.4, -0.2) is 17.1 Å². The van der Waals surface area contributed by atoms with Gasteiger partial charge >= 0.3 is 0 Å². The van der Waals surface area contributed by atoms with Crippen LogP contribution in [0.1, 0.15) is 29.0 Å². The van der Waals surface area contributed by atoms with Crippen molar-refractivity contribution in [2.24, 2.45) is 0 Å². The van der Waals surface area contributed by atoms with Gasteiger partial charge in [0.15, 0.2) is 0 Å². The number of benzene rings is 1. The third-order valence-corrected chi connectivity index (χ3v) is 4.31. The number of phenolic OH excluding ortho intramolecular Hbond substituents is 1. The highest BCUT2D eigenvalue weighted by Crippen LogP contribution is 2.27. The van der Waals surface area contributed by atoms with Gasteiger partial charge in [0.1, 0.15) is 5.75 Å². The molecule has 0 radical (unpaired) electrons. The van der Waals surface area contributed by atoms with Gasteiger partial charge < -0.3 is 5.11 Å². The van der Waals surface area contributed by atoms with Crippen LogP contribution in [-0.2, 0) is 6.54 Å². The van der Waals surface area contributed by atoms with Gasteiger partial charge in [-0.05, 0) is 38.4 Å². The Morgan fingerprint density at radius 2 is 2.11 bits per heavy atom. The molecule has 2 rings (SSSR count). The van der Waals surface area contributed by atoms with E-state index >= 15 is 0 Å². The van der Waals surface area contributed by atoms with E-state index in [0.717, 1.165) is 12.1 Å². The minimum atomic E-state index is 0.366. The smallest absolute Gasteiger partial charge is 0.120 e. The zero-order valence-electron chi connectivity index (χ0n) is 11.1. The molecular formula is C15H19NOS. The molecule has 0 bridgehead atoms. The number of aryl methyl sites for hydroxylation is 1. The Morgan fingerprint density at radius 3 is 2.78 bits per heavy atom. The Morgan fingerprint density at radius 1 is 1.33 bits per heavy atom. The van der Waals surface area contributed by atoms with Gasteiger partial charge in [-0.1, -0.05) is 23.8 Å². The Labute approximate surface area is 113 Å². The summed E-state index contributed by atoms with van der Waals surface area (Å²) in [5.41, 5.74) is 2.17. The summed E-state index contributed by atoms with van der Waals surface area (Å²) in [7, 11) is 2.09. The normalized spacial score (nSPS) is 12.9. The second-order valence-corrected chi connectivity index (χ2v) is 5.72. The predicted octanol–water partition coefficient (Wildman–Crippen LogP) is 3.96. The van der Waals surface area contributed by atoms with Crippen molar-refractivity contribution in [3.8, 4) is 5.75 Å². The molecule has 0 unspecified atom stereocenters. The minimum absolute atomic E-state index is 0.366. The van der Waals surface area contributed by atoms with Crippen molar-refractivity contribution in [1.29, 1.82) is 0 Å². The summed E-state index contributed by atoms with van der Waals surface area (Å²) in [6, 6.07) is 10.4. The number of hydrogen-bond donors (Lipinski definition) is 1. The number of hydrogen-bond acceptors (Lipinski definition) is 3. The molecule has 1 aromatic heterocycles. The van der Waals surface area contributed by atoms with E-state index < -0.39 is 0 Å². The number of thiophene rings is 1. The third-order valence-electron chi connectivity index (χ3n) is 3.27. The average Bonchev–Trinajstić information content (AvgIpc) is 2.86. The quantitative estimate of drug-likeness (QED) is 0.900. The summed E-state index contributed by atoms with van der Waals surface area (Å²) >= 11 is 1.77. The first-order chi connectivity index (χ1) is 8.58. The Kier molecular flexibility index (Phi) is 4.04. The molecule has 2 nitrogen and oxygen atoms in total. The standard InChI is InChI=1S/C15H19NOS/c1-11-6-7-14(17)13(9-11)10-16(3)12(2)15-5-4-8-18-15/h4-9,12,17H,10H2,1-3H3/t12-/m1/s1. The second kappa shape index (κ2) is 5.55. The summed E-state index contributed by atoms with van der Waals surface area (Å²) < 4.78 is 0. The van der Waals surface area contributed by atoms with Crippen molar-refractivity contribution in [3.63, 3.8) is 0 Å². The molecule has 0 aliphatic carbocycles. The summed E-state index contributed by atoms with van der Waals surface area (Å²) in [6.45, 7) is 5.00. The highest BCUT2D eigenvalue weighted by atomic mass is 32.1. The lowest BCUT2D eigenvalue weighted by Gasteiger charge is -2.24. The molecule has 3 heteroatoms. The highest BCUT2D eigenvalue weighted by Gasteiger charge is 2.14. The van der Waals surface area contributed by atoms with Crippen LogP contribution in [0.15, 0.2) is 35.7 Å². The largest absolute Gasteiger partial charge is 0.508 e. The van der Waals surface area contributed by atoms with Gasteiger partial charge in [-0.2, -0.15) is 0 Å². The van der Waals surface area contributed by atoms with Gasteiger partial charge in [0.25, 0.3) is 0 Å². The van der Waals surface area contributed by atoms with Crippen LogP contribution in [0.3, 0.4) is 0 Å². The van der Waals surface area contributed by atoms with Crippen LogP contribution in [0.25, 0.3) is 0 Å². The lowest BCUT2D eigenvalue weighted by atomic mass is 10.1. The van der Waals surface area contributed by atoms with Gasteiger partial charge in [0.2, 0.25) is 0 Å². The molecule has 0 saturated heterocycles. The van der Waals surface area contributed by atoms with Gasteiger partial charge in [-0.25, -0.2) is 0 Å². The van der Waals surface area contributed by atoms with Crippen LogP contribution in [0.5, 0.6) is 5.75 Å². The molecular weight excluding hydrogens is 242 g/mol. The molecule has 0 fully saturated rings. The fourth-order valence-electron chi connectivity index (χ4n) is 1.99. The Hall–Kier alpha value is -1.32. The molecule has 0 saturated carbocycles. The summed E-state index contributed by atoms with van der Waals surface area (Å²) in [5.74, 6) is 0.380. The van der Waals surface area contributed by atoms with E-state index in [4.69, 9.17) is 0 Å². The first-order valence-electron chi connectivity index (χ1n) is 6.10. The Bertz CT molecular complexity index is 507. The third kappa shape index (κ3) is 2.92. The maximum atomic E-state index is 9.87. The number of phenols is 1. The molecule has 1 heterocycles. The van der Waals surface area contributed by atoms with E-state index in [1.807, 2.05) is 19.1 Å². The summed E-state index contributed by atoms with van der Waals surface area (Å²) in [6.07, 6.45) is 0. The SMILES string of the molecule is Cc1ccc(O)c(CN(C)[C@H](C)c2cccs2)c1. The number of aromatic hydroxyl groups is 1. The predicted molar refractivity (Wildman–Crippen MR) is 77.0 cm³/mol. The molecule has 1 aromatic carbocycles. The molecule has 0 aliphatic rings. The van der Waals surface area contributed by atoms with Crippen molar-refractivity contribution >= 4 is 11.3 Å². The van der Waals surface area contributed by atoms with E-state index in [1.54, 1.807) is 17.4 Å². The molecule has 1 atom stereocenters. The first-order valence-corrected chi connectivity index (χ1v) is 6.98. The van der Waals surface area contributed by atoms with Crippen LogP contribution >= 0.6 is 11.3 Å². The van der Waals surface area contributed by atoms with Gasteiger partial charge in [0.05, 0.1) is 0 Å². The molecule has 1 N–H and O–H groups in total. The van der Waals surface area contributed by atoms with E-state index in [0.29, 0.717) is 11.8 Å². The average molecular weight is 261 g/mol. The van der Waals surface area contributed by atoms with Crippen LogP contribution in [0, 0.1) is 6.92 Å². The van der Waals surface area contributed by atoms with Crippen LogP contribution in [0.4, 0.5) is 0 Å². The Balaban J connectivity index is 2.11. The van der Waals surface area contributed by atoms with Crippen LogP contribution < -0.4 is 0 Å². The van der Waals surface area contributed by atoms with Gasteiger partial charge in [-0.3, -0.25) is 4.90 Å². The van der Waals surface area contributed by atoms with E-state index in [2.05, 4.69) is 36.4 Å². The van der Waals surface area contributed by atoms with Crippen molar-refractivity contribution in [3.05, 3.63) is 51.7 Å². The van der Waals surface area contributed by atoms with Crippen LogP contribution in [0.2, 0.25) is 0 Å². The van der Waals surface area contributed by atoms with Gasteiger partial charge in [0, 0.05) is 23.0 Å². The maximum Gasteiger partial charge on any atom is 0.120 e. The molecule has 0 spiro atoms. The lowest BCUT2D eigenvalue weighted by Crippen LogP contribution is -2.21. The summed E-state index contributed by atoms with van der Waals surface area (Å²) in [4.78, 5) is 3.60. The number of nitrogens with zero attached hydrogens (tertiary/aromatic N) is 1. The molecule has 96 valence electrons. The summed E-state index contributed by atoms with van der Waals surface area (Å²) in [5, 5.41) is 12.0. The molecule has 0 amide bonds. The maximum absolute atomic E-state index is 9.87. The molecule has 18 heavy (non-hydrogen) atoms. The highest BCUT2D eigenvalue weighted by molar-refractivity contribution is 7.10. The van der Waals surface area contributed by atoms with Crippen molar-refractivity contribution in [1.82, 2.24) is 4.90 Å². The fourth-order valence-corrected chi connectivity index (χ4v) is 2.84. The molecule has 2 aromatic rings. The van der Waals surface area contributed by atoms with E-state index in [9.17, 15) is 5.11 Å². The van der Waals surface area contributed by atoms with Crippen molar-refractivity contribution in [2.45, 2.75) is 26.4 Å². The van der Waals surface area contributed by atoms with E-state index in [1.165, 1.54) is 10.4 Å². The molecule has 0 aliphatic heterocycles. The zero-order chi connectivity index (χ0) is 13.1.